The van der Waals surface area contributed by atoms with E-state index in [4.69, 9.17) is 10.5 Å². The minimum absolute atomic E-state index is 0.0327. The molecule has 0 saturated carbocycles. The maximum absolute atomic E-state index is 11.8. The maximum Gasteiger partial charge on any atom is 0.309 e. The van der Waals surface area contributed by atoms with E-state index in [9.17, 15) is 4.79 Å². The number of carbonyl (C=O) groups excluding carboxylic acids is 1. The van der Waals surface area contributed by atoms with E-state index in [2.05, 4.69) is 9.97 Å². The zero-order valence-corrected chi connectivity index (χ0v) is 11.5. The van der Waals surface area contributed by atoms with Crippen LogP contribution in [0.1, 0.15) is 23.8 Å². The van der Waals surface area contributed by atoms with Gasteiger partial charge in [0.25, 0.3) is 0 Å². The molecule has 0 radical (unpaired) electrons. The molecular formula is C13H15N3O2S. The Balaban J connectivity index is 1.96. The Labute approximate surface area is 114 Å². The Hall–Kier alpha value is -1.69. The molecule has 2 aromatic rings. The van der Waals surface area contributed by atoms with Gasteiger partial charge in [-0.2, -0.15) is 0 Å². The molecule has 0 amide bonds. The van der Waals surface area contributed by atoms with Crippen molar-refractivity contribution in [3.05, 3.63) is 16.8 Å². The Morgan fingerprint density at radius 2 is 2.42 bits per heavy atom. The summed E-state index contributed by atoms with van der Waals surface area (Å²) in [5, 5.41) is 0.977. The number of hydrogen-bond donors (Lipinski definition) is 1. The monoisotopic (exact) mass is 277 g/mol. The van der Waals surface area contributed by atoms with E-state index in [1.54, 1.807) is 11.3 Å². The topological polar surface area (TPSA) is 78.1 Å². The molecule has 0 unspecified atom stereocenters. The number of anilines is 1. The quantitative estimate of drug-likeness (QED) is 0.849. The minimum atomic E-state index is -0.0929. The largest absolute Gasteiger partial charge is 0.466 e. The molecule has 0 saturated heterocycles. The van der Waals surface area contributed by atoms with Crippen LogP contribution < -0.4 is 5.73 Å². The zero-order valence-electron chi connectivity index (χ0n) is 10.7. The summed E-state index contributed by atoms with van der Waals surface area (Å²) in [7, 11) is 0. The van der Waals surface area contributed by atoms with Gasteiger partial charge in [-0.25, -0.2) is 9.97 Å². The van der Waals surface area contributed by atoms with Crippen molar-refractivity contribution >= 4 is 33.3 Å². The number of aromatic nitrogens is 2. The fraction of sp³-hybridized carbons (Fsp3) is 0.462. The first-order valence-corrected chi connectivity index (χ1v) is 7.19. The van der Waals surface area contributed by atoms with Gasteiger partial charge in [-0.3, -0.25) is 4.79 Å². The SMILES string of the molecule is CCOC(=O)[C@H]1CCc2c(sc3ncnc(N)c23)C1. The number of nitrogen functional groups attached to an aromatic ring is 1. The fourth-order valence-electron chi connectivity index (χ4n) is 2.60. The van der Waals surface area contributed by atoms with Gasteiger partial charge in [0.1, 0.15) is 17.0 Å². The van der Waals surface area contributed by atoms with Crippen LogP contribution in [0.25, 0.3) is 10.2 Å². The number of aryl methyl sites for hydroxylation is 1. The second kappa shape index (κ2) is 4.77. The third-order valence-corrected chi connectivity index (χ3v) is 4.66. The highest BCUT2D eigenvalue weighted by molar-refractivity contribution is 7.19. The summed E-state index contributed by atoms with van der Waals surface area (Å²) in [5.41, 5.74) is 7.15. The number of hydrogen-bond acceptors (Lipinski definition) is 6. The first-order chi connectivity index (χ1) is 9.20. The molecule has 2 N–H and O–H groups in total. The Bertz CT molecular complexity index is 638. The Kier molecular flexibility index (Phi) is 3.10. The number of nitrogens with two attached hydrogens (primary N) is 1. The first kappa shape index (κ1) is 12.3. The molecule has 1 aliphatic rings. The van der Waals surface area contributed by atoms with Crippen LogP contribution in [0.2, 0.25) is 0 Å². The van der Waals surface area contributed by atoms with Crippen LogP contribution >= 0.6 is 11.3 Å². The Morgan fingerprint density at radius 1 is 1.58 bits per heavy atom. The van der Waals surface area contributed by atoms with Gasteiger partial charge in [0.2, 0.25) is 0 Å². The van der Waals surface area contributed by atoms with Gasteiger partial charge in [-0.1, -0.05) is 0 Å². The summed E-state index contributed by atoms with van der Waals surface area (Å²) in [6.45, 7) is 2.27. The lowest BCUT2D eigenvalue weighted by Crippen LogP contribution is -2.23. The van der Waals surface area contributed by atoms with Crippen molar-refractivity contribution in [2.75, 3.05) is 12.3 Å². The number of ether oxygens (including phenoxy) is 1. The molecule has 0 aromatic carbocycles. The highest BCUT2D eigenvalue weighted by atomic mass is 32.1. The van der Waals surface area contributed by atoms with Crippen LogP contribution in [0.4, 0.5) is 5.82 Å². The zero-order chi connectivity index (χ0) is 13.4. The lowest BCUT2D eigenvalue weighted by molar-refractivity contribution is -0.148. The van der Waals surface area contributed by atoms with E-state index in [0.29, 0.717) is 12.4 Å². The molecular weight excluding hydrogens is 262 g/mol. The number of fused-ring (bicyclic) bond motifs is 3. The van der Waals surface area contributed by atoms with Crippen molar-refractivity contribution in [3.63, 3.8) is 0 Å². The van der Waals surface area contributed by atoms with Gasteiger partial charge in [0.15, 0.2) is 0 Å². The Morgan fingerprint density at radius 3 is 3.21 bits per heavy atom. The lowest BCUT2D eigenvalue weighted by Gasteiger charge is -2.20. The molecule has 1 atom stereocenters. The van der Waals surface area contributed by atoms with Crippen LogP contribution in [0.5, 0.6) is 0 Å². The average molecular weight is 277 g/mol. The van der Waals surface area contributed by atoms with Crippen molar-refractivity contribution < 1.29 is 9.53 Å². The fourth-order valence-corrected chi connectivity index (χ4v) is 3.87. The third-order valence-electron chi connectivity index (χ3n) is 3.49. The summed E-state index contributed by atoms with van der Waals surface area (Å²) < 4.78 is 5.11. The summed E-state index contributed by atoms with van der Waals surface area (Å²) in [6.07, 6.45) is 3.87. The summed E-state index contributed by atoms with van der Waals surface area (Å²) in [5.74, 6) is 0.413. The van der Waals surface area contributed by atoms with Crippen molar-refractivity contribution in [1.29, 1.82) is 0 Å². The van der Waals surface area contributed by atoms with Crippen LogP contribution in [0, 0.1) is 5.92 Å². The molecule has 0 fully saturated rings. The predicted octanol–water partition coefficient (Wildman–Crippen LogP) is 1.94. The molecule has 0 aliphatic heterocycles. The molecule has 2 aromatic heterocycles. The molecule has 1 aliphatic carbocycles. The van der Waals surface area contributed by atoms with E-state index in [-0.39, 0.29) is 11.9 Å². The number of carbonyl (C=O) groups is 1. The van der Waals surface area contributed by atoms with Gasteiger partial charge >= 0.3 is 5.97 Å². The summed E-state index contributed by atoms with van der Waals surface area (Å²) in [6, 6.07) is 0. The third kappa shape index (κ3) is 2.06. The summed E-state index contributed by atoms with van der Waals surface area (Å²) in [4.78, 5) is 22.3. The van der Waals surface area contributed by atoms with E-state index in [1.807, 2.05) is 6.92 Å². The smallest absolute Gasteiger partial charge is 0.309 e. The van der Waals surface area contributed by atoms with E-state index < -0.39 is 0 Å². The number of thiophene rings is 1. The normalized spacial score (nSPS) is 18.3. The van der Waals surface area contributed by atoms with Gasteiger partial charge in [-0.05, 0) is 31.7 Å². The van der Waals surface area contributed by atoms with E-state index in [0.717, 1.165) is 29.5 Å². The first-order valence-electron chi connectivity index (χ1n) is 6.38. The molecule has 0 spiro atoms. The lowest BCUT2D eigenvalue weighted by atomic mass is 9.88. The van der Waals surface area contributed by atoms with Gasteiger partial charge in [0, 0.05) is 4.88 Å². The van der Waals surface area contributed by atoms with Crippen LogP contribution in [-0.2, 0) is 22.4 Å². The van der Waals surface area contributed by atoms with Gasteiger partial charge in [0.05, 0.1) is 17.9 Å². The number of esters is 1. The van der Waals surface area contributed by atoms with Crippen molar-refractivity contribution in [2.24, 2.45) is 5.92 Å². The highest BCUT2D eigenvalue weighted by Crippen LogP contribution is 2.39. The van der Waals surface area contributed by atoms with Gasteiger partial charge < -0.3 is 10.5 Å². The van der Waals surface area contributed by atoms with Crippen LogP contribution in [-0.4, -0.2) is 22.5 Å². The van der Waals surface area contributed by atoms with Crippen molar-refractivity contribution in [1.82, 2.24) is 9.97 Å². The van der Waals surface area contributed by atoms with Crippen molar-refractivity contribution in [3.8, 4) is 0 Å². The minimum Gasteiger partial charge on any atom is -0.466 e. The van der Waals surface area contributed by atoms with Crippen molar-refractivity contribution in [2.45, 2.75) is 26.2 Å². The molecule has 5 nitrogen and oxygen atoms in total. The number of rotatable bonds is 2. The maximum atomic E-state index is 11.8. The highest BCUT2D eigenvalue weighted by Gasteiger charge is 2.29. The van der Waals surface area contributed by atoms with Gasteiger partial charge in [-0.15, -0.1) is 11.3 Å². The van der Waals surface area contributed by atoms with E-state index >= 15 is 0 Å². The molecule has 3 rings (SSSR count). The van der Waals surface area contributed by atoms with E-state index in [1.165, 1.54) is 16.8 Å². The molecule has 100 valence electrons. The van der Waals surface area contributed by atoms with Crippen LogP contribution in [0.3, 0.4) is 0 Å². The second-order valence-corrected chi connectivity index (χ2v) is 5.72. The molecule has 2 heterocycles. The standard InChI is InChI=1S/C13H15N3O2S/c1-2-18-13(17)7-3-4-8-9(5-7)19-12-10(8)11(14)15-6-16-12/h6-7H,2-5H2,1H3,(H2,14,15,16)/t7-/m0/s1. The second-order valence-electron chi connectivity index (χ2n) is 4.63. The molecule has 0 bridgehead atoms. The molecule has 19 heavy (non-hydrogen) atoms. The van der Waals surface area contributed by atoms with Crippen LogP contribution in [0.15, 0.2) is 6.33 Å². The number of nitrogens with zero attached hydrogens (tertiary/aromatic N) is 2. The molecule has 6 heteroatoms. The predicted molar refractivity (Wildman–Crippen MR) is 74.0 cm³/mol. The summed E-state index contributed by atoms with van der Waals surface area (Å²) >= 11 is 1.61. The average Bonchev–Trinajstić information content (AvgIpc) is 2.77.